The number of hydrogen-bond acceptors (Lipinski definition) is 0. The van der Waals surface area contributed by atoms with Gasteiger partial charge in [0.05, 0.1) is 0 Å². The van der Waals surface area contributed by atoms with Crippen molar-refractivity contribution in [3.8, 4) is 0 Å². The van der Waals surface area contributed by atoms with Crippen molar-refractivity contribution in [1.29, 1.82) is 0 Å². The normalized spacial score (nSPS) is 9.50. The van der Waals surface area contributed by atoms with Crippen LogP contribution in [0.3, 0.4) is 0 Å². The van der Waals surface area contributed by atoms with Crippen LogP contribution in [-0.4, -0.2) is 78.5 Å². The zero-order chi connectivity index (χ0) is 7.68. The minimum atomic E-state index is 0. The summed E-state index contributed by atoms with van der Waals surface area (Å²) in [7, 11) is 0. The quantitative estimate of drug-likeness (QED) is 0.543. The molecule has 0 bridgehead atoms. The Balaban J connectivity index is 0.000000720. The average Bonchev–Trinajstić information content (AvgIpc) is 2.06. The molecule has 0 nitrogen and oxygen atoms in total. The molecular weight excluding hydrogens is 182 g/mol. The van der Waals surface area contributed by atoms with Gasteiger partial charge in [-0.1, -0.05) is 0 Å². The van der Waals surface area contributed by atoms with E-state index in [1.165, 1.54) is 10.4 Å². The van der Waals surface area contributed by atoms with Crippen LogP contribution in [0.2, 0.25) is 0 Å². The Hall–Kier alpha value is 1.34. The molecular formula is C10H8KNa. The molecule has 0 radical (unpaired) electrons. The predicted octanol–water partition coefficient (Wildman–Crippen LogP) is 0.985. The Kier molecular flexibility index (Phi) is 5.02. The van der Waals surface area contributed by atoms with Crippen molar-refractivity contribution in [3.05, 3.63) is 42.5 Å². The van der Waals surface area contributed by atoms with Crippen LogP contribution in [0.4, 0.5) is 0 Å². The van der Waals surface area contributed by atoms with E-state index in [1.807, 2.05) is 0 Å². The molecule has 0 fully saturated rings. The van der Waals surface area contributed by atoms with E-state index in [0.717, 1.165) is 49.0 Å². The van der Waals surface area contributed by atoms with E-state index in [9.17, 15) is 0 Å². The van der Waals surface area contributed by atoms with Crippen LogP contribution in [0, 0.1) is 0 Å². The van der Waals surface area contributed by atoms with Crippen molar-refractivity contribution < 1.29 is 0 Å². The summed E-state index contributed by atoms with van der Waals surface area (Å²) in [5.74, 6) is 0. The van der Waals surface area contributed by atoms with Crippen LogP contribution >= 0.6 is 0 Å². The van der Waals surface area contributed by atoms with Crippen molar-refractivity contribution >= 4 is 88.9 Å². The van der Waals surface area contributed by atoms with Gasteiger partial charge < -0.3 is 0 Å². The minimum absolute atomic E-state index is 0. The number of rotatable bonds is 0. The van der Waals surface area contributed by atoms with Crippen LogP contribution < -0.4 is -0.342 Å². The van der Waals surface area contributed by atoms with E-state index in [4.69, 9.17) is 0 Å². The maximum absolute atomic E-state index is 2.22. The fourth-order valence-corrected chi connectivity index (χ4v) is 2.40. The molecule has 0 heterocycles. The summed E-state index contributed by atoms with van der Waals surface area (Å²) in [4.78, 5) is 0. The molecule has 0 aromatic heterocycles. The summed E-state index contributed by atoms with van der Waals surface area (Å²) in [5, 5.41) is 2.81. The van der Waals surface area contributed by atoms with Crippen LogP contribution in [-0.2, 0) is 0 Å². The standard InChI is InChI=1S/C10H7.K.Na.H/c1-2-6-10-8-4-3-7-9(10)5-1;;;/h1-7H;;;. The summed E-state index contributed by atoms with van der Waals surface area (Å²) < 4.78 is 1.54. The molecule has 0 unspecified atom stereocenters. The van der Waals surface area contributed by atoms with Crippen molar-refractivity contribution in [1.82, 2.24) is 0 Å². The third-order valence-corrected chi connectivity index (χ3v) is 3.37. The summed E-state index contributed by atoms with van der Waals surface area (Å²) in [6.07, 6.45) is 0. The van der Waals surface area contributed by atoms with Gasteiger partial charge in [-0.15, -0.1) is 0 Å². The summed E-state index contributed by atoms with van der Waals surface area (Å²) in [6.45, 7) is 0. The second-order valence-electron chi connectivity index (χ2n) is 2.80. The molecule has 0 aliphatic carbocycles. The third kappa shape index (κ3) is 2.43. The summed E-state index contributed by atoms with van der Waals surface area (Å²) in [6, 6.07) is 15.1. The molecule has 0 spiro atoms. The monoisotopic (exact) mass is 190 g/mol. The van der Waals surface area contributed by atoms with E-state index < -0.39 is 0 Å². The Labute approximate surface area is 129 Å². The topological polar surface area (TPSA) is 0 Å². The van der Waals surface area contributed by atoms with E-state index in [0.29, 0.717) is 0 Å². The fourth-order valence-electron chi connectivity index (χ4n) is 1.39. The van der Waals surface area contributed by atoms with Gasteiger partial charge in [-0.05, 0) is 0 Å². The predicted molar refractivity (Wildman–Crippen MR) is 56.5 cm³/mol. The molecule has 0 saturated heterocycles. The van der Waals surface area contributed by atoms with Gasteiger partial charge in [0.1, 0.15) is 0 Å². The molecule has 50 valence electrons. The Morgan fingerprint density at radius 1 is 0.833 bits per heavy atom. The third-order valence-electron chi connectivity index (χ3n) is 2.01. The van der Waals surface area contributed by atoms with Gasteiger partial charge >= 0.3 is 131 Å². The van der Waals surface area contributed by atoms with Crippen molar-refractivity contribution in [2.45, 2.75) is 0 Å². The Morgan fingerprint density at radius 2 is 1.50 bits per heavy atom. The van der Waals surface area contributed by atoms with Gasteiger partial charge in [0.2, 0.25) is 0 Å². The molecule has 2 rings (SSSR count). The van der Waals surface area contributed by atoms with Gasteiger partial charge in [0.15, 0.2) is 0 Å². The number of hydrogen-bond donors (Lipinski definition) is 0. The zero-order valence-corrected chi connectivity index (χ0v) is 9.66. The first-order valence-electron chi connectivity index (χ1n) is 3.82. The van der Waals surface area contributed by atoms with E-state index in [-0.39, 0.29) is 29.6 Å². The van der Waals surface area contributed by atoms with Crippen molar-refractivity contribution in [2.24, 2.45) is 0 Å². The zero-order valence-electron chi connectivity index (χ0n) is 6.54. The summed E-state index contributed by atoms with van der Waals surface area (Å²) in [5.41, 5.74) is 0. The maximum atomic E-state index is 2.22. The molecule has 2 aromatic rings. The molecule has 2 aromatic carbocycles. The molecule has 0 saturated carbocycles. The van der Waals surface area contributed by atoms with Gasteiger partial charge in [0.25, 0.3) is 0 Å². The van der Waals surface area contributed by atoms with Crippen molar-refractivity contribution in [2.75, 3.05) is 0 Å². The van der Waals surface area contributed by atoms with Crippen LogP contribution in [0.15, 0.2) is 42.5 Å². The molecule has 0 atom stereocenters. The van der Waals surface area contributed by atoms with Crippen LogP contribution in [0.25, 0.3) is 10.8 Å². The first-order valence-corrected chi connectivity index (χ1v) is 5.38. The average molecular weight is 190 g/mol. The SMILES string of the molecule is [K][c]1cccc2ccccc12.[NaH]. The first kappa shape index (κ1) is 11.4. The van der Waals surface area contributed by atoms with E-state index in [2.05, 4.69) is 42.5 Å². The van der Waals surface area contributed by atoms with E-state index >= 15 is 0 Å². The van der Waals surface area contributed by atoms with Gasteiger partial charge in [-0.25, -0.2) is 0 Å². The first-order chi connectivity index (χ1) is 5.38. The molecule has 0 N–H and O–H groups in total. The summed E-state index contributed by atoms with van der Waals surface area (Å²) >= 11 is 0.786. The molecule has 2 heteroatoms. The molecule has 0 aliphatic heterocycles. The van der Waals surface area contributed by atoms with Crippen molar-refractivity contribution in [3.63, 3.8) is 0 Å². The molecule has 0 aliphatic rings. The second kappa shape index (κ2) is 5.27. The Morgan fingerprint density at radius 3 is 2.25 bits per heavy atom. The van der Waals surface area contributed by atoms with Crippen LogP contribution in [0.5, 0.6) is 0 Å². The van der Waals surface area contributed by atoms with Gasteiger partial charge in [-0.2, -0.15) is 0 Å². The van der Waals surface area contributed by atoms with Gasteiger partial charge in [0, 0.05) is 0 Å². The Bertz CT molecular complexity index is 379. The number of benzene rings is 2. The van der Waals surface area contributed by atoms with Gasteiger partial charge in [-0.3, -0.25) is 0 Å². The second-order valence-corrected chi connectivity index (χ2v) is 4.48. The number of fused-ring (bicyclic) bond motifs is 1. The molecule has 0 amide bonds. The van der Waals surface area contributed by atoms with E-state index in [1.54, 1.807) is 0 Å². The van der Waals surface area contributed by atoms with Crippen LogP contribution in [0.1, 0.15) is 0 Å². The molecule has 12 heavy (non-hydrogen) atoms. The fraction of sp³-hybridized carbons (Fsp3) is 0.